The van der Waals surface area contributed by atoms with Crippen molar-refractivity contribution in [2.24, 2.45) is 0 Å². The Morgan fingerprint density at radius 3 is 2.86 bits per heavy atom. The number of para-hydroxylation sites is 1. The molecule has 0 aliphatic heterocycles. The summed E-state index contributed by atoms with van der Waals surface area (Å²) in [5.74, 6) is -0.350. The fourth-order valence-corrected chi connectivity index (χ4v) is 1.98. The van der Waals surface area contributed by atoms with E-state index in [0.717, 1.165) is 0 Å². The second-order valence-electron chi connectivity index (χ2n) is 4.61. The molecule has 2 heterocycles. The summed E-state index contributed by atoms with van der Waals surface area (Å²) in [6, 6.07) is 6.96. The van der Waals surface area contributed by atoms with E-state index in [9.17, 15) is 9.59 Å². The number of benzene rings is 1. The molecular formula is C15H12N4O3. The second-order valence-corrected chi connectivity index (χ2v) is 4.61. The maximum atomic E-state index is 12.0. The minimum atomic E-state index is -0.716. The highest BCUT2D eigenvalue weighted by Gasteiger charge is 2.17. The van der Waals surface area contributed by atoms with Crippen LogP contribution in [0.25, 0.3) is 10.9 Å². The smallest absolute Gasteiger partial charge is 0.359 e. The summed E-state index contributed by atoms with van der Waals surface area (Å²) >= 11 is 0. The van der Waals surface area contributed by atoms with E-state index in [-0.39, 0.29) is 17.1 Å². The molecular weight excluding hydrogens is 284 g/mol. The van der Waals surface area contributed by atoms with Gasteiger partial charge in [-0.25, -0.2) is 14.8 Å². The number of nitrogens with zero attached hydrogens (tertiary/aromatic N) is 3. The maximum absolute atomic E-state index is 12.0. The topological polar surface area (TPSA) is 97.8 Å². The summed E-state index contributed by atoms with van der Waals surface area (Å²) in [7, 11) is 0. The molecule has 7 heteroatoms. The Morgan fingerprint density at radius 1 is 1.27 bits per heavy atom. The van der Waals surface area contributed by atoms with Crippen molar-refractivity contribution in [1.29, 1.82) is 0 Å². The van der Waals surface area contributed by atoms with Crippen LogP contribution in [0.5, 0.6) is 0 Å². The van der Waals surface area contributed by atoms with Gasteiger partial charge in [-0.15, -0.1) is 0 Å². The van der Waals surface area contributed by atoms with E-state index < -0.39 is 12.1 Å². The van der Waals surface area contributed by atoms with Gasteiger partial charge in [-0.05, 0) is 19.1 Å². The molecule has 0 amide bonds. The van der Waals surface area contributed by atoms with Crippen molar-refractivity contribution in [3.63, 3.8) is 0 Å². The average molecular weight is 296 g/mol. The van der Waals surface area contributed by atoms with Crippen molar-refractivity contribution in [1.82, 2.24) is 19.9 Å². The number of carbonyl (C=O) groups excluding carboxylic acids is 1. The Bertz CT molecular complexity index is 877. The van der Waals surface area contributed by atoms with Gasteiger partial charge in [0.15, 0.2) is 17.6 Å². The number of rotatable bonds is 3. The highest BCUT2D eigenvalue weighted by Crippen LogP contribution is 2.15. The van der Waals surface area contributed by atoms with Crippen molar-refractivity contribution in [2.45, 2.75) is 13.0 Å². The van der Waals surface area contributed by atoms with Crippen LogP contribution in [-0.4, -0.2) is 25.9 Å². The Hall–Kier alpha value is -3.09. The first-order valence-corrected chi connectivity index (χ1v) is 6.61. The molecule has 3 rings (SSSR count). The molecule has 3 aromatic rings. The number of nitrogens with one attached hydrogen (secondary N) is 1. The molecule has 2 aromatic heterocycles. The molecule has 1 N–H and O–H groups in total. The van der Waals surface area contributed by atoms with Crippen LogP contribution < -0.4 is 5.56 Å². The Morgan fingerprint density at radius 2 is 2.09 bits per heavy atom. The maximum Gasteiger partial charge on any atom is 0.359 e. The summed E-state index contributed by atoms with van der Waals surface area (Å²) < 4.78 is 5.25. The third-order valence-corrected chi connectivity index (χ3v) is 3.07. The number of fused-ring (bicyclic) bond motifs is 1. The lowest BCUT2D eigenvalue weighted by Crippen LogP contribution is -2.18. The summed E-state index contributed by atoms with van der Waals surface area (Å²) in [6.45, 7) is 1.63. The van der Waals surface area contributed by atoms with Gasteiger partial charge in [0.1, 0.15) is 0 Å². The van der Waals surface area contributed by atoms with Gasteiger partial charge in [-0.2, -0.15) is 0 Å². The van der Waals surface area contributed by atoms with Crippen molar-refractivity contribution in [3.05, 3.63) is 64.7 Å². The fraction of sp³-hybridized carbons (Fsp3) is 0.133. The van der Waals surface area contributed by atoms with Gasteiger partial charge in [0, 0.05) is 12.4 Å². The van der Waals surface area contributed by atoms with Crippen LogP contribution in [-0.2, 0) is 4.74 Å². The largest absolute Gasteiger partial charge is 0.450 e. The summed E-state index contributed by atoms with van der Waals surface area (Å²) in [4.78, 5) is 38.5. The molecule has 22 heavy (non-hydrogen) atoms. The lowest BCUT2D eigenvalue weighted by Gasteiger charge is -2.12. The first kappa shape index (κ1) is 13.9. The average Bonchev–Trinajstić information content (AvgIpc) is 2.55. The zero-order chi connectivity index (χ0) is 15.5. The fourth-order valence-electron chi connectivity index (χ4n) is 1.98. The minimum absolute atomic E-state index is 0.0949. The number of esters is 1. The number of carbonyl (C=O) groups is 1. The van der Waals surface area contributed by atoms with Crippen LogP contribution in [0.4, 0.5) is 0 Å². The van der Waals surface area contributed by atoms with Gasteiger partial charge >= 0.3 is 5.97 Å². The van der Waals surface area contributed by atoms with Crippen molar-refractivity contribution in [3.8, 4) is 0 Å². The number of aromatic nitrogens is 4. The Kier molecular flexibility index (Phi) is 3.61. The zero-order valence-electron chi connectivity index (χ0n) is 11.7. The molecule has 0 aliphatic carbocycles. The van der Waals surface area contributed by atoms with E-state index in [1.807, 2.05) is 0 Å². The van der Waals surface area contributed by atoms with Gasteiger partial charge < -0.3 is 9.72 Å². The standard InChI is InChI=1S/C15H12N4O3/c1-9(22-15(21)12-8-16-6-7-17-12)13-18-11-5-3-2-4-10(11)14(20)19-13/h2-9H,1H3,(H,18,19,20). The van der Waals surface area contributed by atoms with E-state index in [1.165, 1.54) is 18.6 Å². The molecule has 1 aromatic carbocycles. The Balaban J connectivity index is 1.88. The first-order chi connectivity index (χ1) is 10.6. The normalized spacial score (nSPS) is 12.0. The van der Waals surface area contributed by atoms with Crippen molar-refractivity contribution in [2.75, 3.05) is 0 Å². The van der Waals surface area contributed by atoms with Crippen LogP contribution in [0, 0.1) is 0 Å². The molecule has 0 radical (unpaired) electrons. The molecule has 0 fully saturated rings. The minimum Gasteiger partial charge on any atom is -0.450 e. The monoisotopic (exact) mass is 296 g/mol. The van der Waals surface area contributed by atoms with E-state index in [1.54, 1.807) is 31.2 Å². The third-order valence-electron chi connectivity index (χ3n) is 3.07. The second kappa shape index (κ2) is 5.72. The quantitative estimate of drug-likeness (QED) is 0.738. The molecule has 0 saturated carbocycles. The zero-order valence-corrected chi connectivity index (χ0v) is 11.7. The highest BCUT2D eigenvalue weighted by atomic mass is 16.5. The number of aromatic amines is 1. The van der Waals surface area contributed by atoms with Gasteiger partial charge in [0.25, 0.3) is 5.56 Å². The number of H-pyrrole nitrogens is 1. The summed E-state index contributed by atoms with van der Waals surface area (Å²) in [5, 5.41) is 0.485. The van der Waals surface area contributed by atoms with Crippen LogP contribution in [0.3, 0.4) is 0 Å². The first-order valence-electron chi connectivity index (χ1n) is 6.61. The number of hydrogen-bond acceptors (Lipinski definition) is 6. The lowest BCUT2D eigenvalue weighted by molar-refractivity contribution is 0.0312. The molecule has 0 saturated heterocycles. The van der Waals surface area contributed by atoms with E-state index in [2.05, 4.69) is 19.9 Å². The third kappa shape index (κ3) is 2.69. The van der Waals surface area contributed by atoms with Crippen molar-refractivity contribution >= 4 is 16.9 Å². The predicted molar refractivity (Wildman–Crippen MR) is 78.2 cm³/mol. The van der Waals surface area contributed by atoms with Gasteiger partial charge in [-0.3, -0.25) is 9.78 Å². The predicted octanol–water partition coefficient (Wildman–Crippen LogP) is 1.63. The van der Waals surface area contributed by atoms with Crippen molar-refractivity contribution < 1.29 is 9.53 Å². The molecule has 0 spiro atoms. The van der Waals surface area contributed by atoms with Gasteiger partial charge in [0.05, 0.1) is 17.1 Å². The van der Waals surface area contributed by atoms with Gasteiger partial charge in [0.2, 0.25) is 0 Å². The molecule has 1 atom stereocenters. The number of ether oxygens (including phenoxy) is 1. The molecule has 110 valence electrons. The molecule has 7 nitrogen and oxygen atoms in total. The van der Waals surface area contributed by atoms with Crippen LogP contribution >= 0.6 is 0 Å². The number of hydrogen-bond donors (Lipinski definition) is 1. The van der Waals surface area contributed by atoms with Crippen LogP contribution in [0.2, 0.25) is 0 Å². The van der Waals surface area contributed by atoms with E-state index >= 15 is 0 Å². The van der Waals surface area contributed by atoms with Crippen LogP contribution in [0.15, 0.2) is 47.7 Å². The molecule has 0 bridgehead atoms. The molecule has 1 unspecified atom stereocenters. The lowest BCUT2D eigenvalue weighted by atomic mass is 10.2. The molecule has 0 aliphatic rings. The van der Waals surface area contributed by atoms with Crippen LogP contribution in [0.1, 0.15) is 29.3 Å². The van der Waals surface area contributed by atoms with Gasteiger partial charge in [-0.1, -0.05) is 12.1 Å². The SMILES string of the molecule is CC(OC(=O)c1cnccn1)c1nc2ccccc2c(=O)[nH]1. The summed E-state index contributed by atoms with van der Waals surface area (Å²) in [6.07, 6.45) is 3.46. The summed E-state index contributed by atoms with van der Waals surface area (Å²) in [5.41, 5.74) is 0.365. The Labute approximate surface area is 125 Å². The van der Waals surface area contributed by atoms with E-state index in [4.69, 9.17) is 4.74 Å². The highest BCUT2D eigenvalue weighted by molar-refractivity contribution is 5.86. The van der Waals surface area contributed by atoms with E-state index in [0.29, 0.717) is 10.9 Å².